The summed E-state index contributed by atoms with van der Waals surface area (Å²) in [6, 6.07) is 0. The van der Waals surface area contributed by atoms with E-state index < -0.39 is 11.5 Å². The zero-order valence-electron chi connectivity index (χ0n) is 21.2. The zero-order chi connectivity index (χ0) is 22.8. The molecule has 0 spiro atoms. The molecule has 0 aromatic rings. The maximum atomic E-state index is 13.4. The highest BCUT2D eigenvalue weighted by Crippen LogP contribution is 2.64. The largest absolute Gasteiger partial charge is 0.462 e. The molecule has 1 N–H and O–H groups in total. The molecule has 0 saturated heterocycles. The SMILES string of the molecule is CCN(CC)CC(O)COC(=O)[C@]1(C)CCC[C@@]2(C)[C@H]1CCC1CC(C(C)C)CC[C@@H]12. The molecule has 0 radical (unpaired) electrons. The normalized spacial score (nSPS) is 39.1. The average molecular weight is 436 g/mol. The first-order valence-corrected chi connectivity index (χ1v) is 13.2. The number of carbonyl (C=O) groups excluding carboxylic acids is 1. The Hall–Kier alpha value is -0.610. The second-order valence-electron chi connectivity index (χ2n) is 11.8. The number of aliphatic hydroxyl groups is 1. The van der Waals surface area contributed by atoms with E-state index in [-0.39, 0.29) is 18.0 Å². The Kier molecular flexibility index (Phi) is 8.17. The van der Waals surface area contributed by atoms with E-state index in [1.807, 2.05) is 0 Å². The molecule has 3 rings (SSSR count). The predicted molar refractivity (Wildman–Crippen MR) is 127 cm³/mol. The van der Waals surface area contributed by atoms with Crippen LogP contribution in [0.1, 0.15) is 92.9 Å². The molecule has 3 aliphatic rings. The van der Waals surface area contributed by atoms with Crippen LogP contribution in [0, 0.1) is 40.4 Å². The lowest BCUT2D eigenvalue weighted by Crippen LogP contribution is -2.56. The van der Waals surface area contributed by atoms with Gasteiger partial charge in [-0.1, -0.05) is 41.0 Å². The summed E-state index contributed by atoms with van der Waals surface area (Å²) in [4.78, 5) is 15.6. The molecule has 0 bridgehead atoms. The summed E-state index contributed by atoms with van der Waals surface area (Å²) in [6.45, 7) is 16.1. The van der Waals surface area contributed by atoms with E-state index in [4.69, 9.17) is 4.74 Å². The predicted octanol–water partition coefficient (Wildman–Crippen LogP) is 5.53. The van der Waals surface area contributed by atoms with Crippen LogP contribution < -0.4 is 0 Å². The van der Waals surface area contributed by atoms with Crippen molar-refractivity contribution in [2.45, 2.75) is 99.0 Å². The molecular formula is C27H49NO3. The summed E-state index contributed by atoms with van der Waals surface area (Å²) in [5.41, 5.74) is -0.140. The van der Waals surface area contributed by atoms with Crippen molar-refractivity contribution in [1.82, 2.24) is 4.90 Å². The van der Waals surface area contributed by atoms with Gasteiger partial charge >= 0.3 is 5.97 Å². The maximum absolute atomic E-state index is 13.4. The van der Waals surface area contributed by atoms with Crippen LogP contribution in [0.15, 0.2) is 0 Å². The first-order valence-electron chi connectivity index (χ1n) is 13.2. The van der Waals surface area contributed by atoms with Crippen LogP contribution >= 0.6 is 0 Å². The van der Waals surface area contributed by atoms with Crippen LogP contribution in [-0.2, 0) is 9.53 Å². The Labute approximate surface area is 191 Å². The monoisotopic (exact) mass is 435 g/mol. The molecular weight excluding hydrogens is 386 g/mol. The van der Waals surface area contributed by atoms with Crippen molar-refractivity contribution in [1.29, 1.82) is 0 Å². The number of rotatable bonds is 8. The van der Waals surface area contributed by atoms with E-state index in [1.165, 1.54) is 32.1 Å². The number of likely N-dealkylation sites (N-methyl/N-ethyl adjacent to an activating group) is 1. The van der Waals surface area contributed by atoms with Crippen molar-refractivity contribution >= 4 is 5.97 Å². The number of nitrogens with zero attached hydrogens (tertiary/aromatic N) is 1. The van der Waals surface area contributed by atoms with Crippen LogP contribution in [0.25, 0.3) is 0 Å². The van der Waals surface area contributed by atoms with Gasteiger partial charge in [0.1, 0.15) is 12.7 Å². The zero-order valence-corrected chi connectivity index (χ0v) is 21.2. The smallest absolute Gasteiger partial charge is 0.312 e. The van der Waals surface area contributed by atoms with Gasteiger partial charge in [0.25, 0.3) is 0 Å². The van der Waals surface area contributed by atoms with Gasteiger partial charge in [0, 0.05) is 6.54 Å². The van der Waals surface area contributed by atoms with E-state index in [9.17, 15) is 9.90 Å². The molecule has 31 heavy (non-hydrogen) atoms. The van der Waals surface area contributed by atoms with Gasteiger partial charge in [0.2, 0.25) is 0 Å². The average Bonchev–Trinajstić information content (AvgIpc) is 2.75. The Bertz CT molecular complexity index is 603. The first-order chi connectivity index (χ1) is 14.7. The Morgan fingerprint density at radius 3 is 2.45 bits per heavy atom. The van der Waals surface area contributed by atoms with Gasteiger partial charge in [-0.2, -0.15) is 0 Å². The molecule has 3 saturated carbocycles. The Morgan fingerprint density at radius 2 is 1.81 bits per heavy atom. The minimum Gasteiger partial charge on any atom is -0.462 e. The van der Waals surface area contributed by atoms with E-state index in [2.05, 4.69) is 46.4 Å². The van der Waals surface area contributed by atoms with Crippen molar-refractivity contribution in [3.8, 4) is 0 Å². The minimum absolute atomic E-state index is 0.0589. The quantitative estimate of drug-likeness (QED) is 0.510. The third-order valence-corrected chi connectivity index (χ3v) is 9.85. The van der Waals surface area contributed by atoms with E-state index in [0.717, 1.165) is 56.0 Å². The summed E-state index contributed by atoms with van der Waals surface area (Å²) in [6.07, 6.45) is 9.25. The van der Waals surface area contributed by atoms with Crippen molar-refractivity contribution in [3.63, 3.8) is 0 Å². The molecule has 4 nitrogen and oxygen atoms in total. The lowest BCUT2D eigenvalue weighted by atomic mass is 9.43. The summed E-state index contributed by atoms with van der Waals surface area (Å²) in [5, 5.41) is 10.4. The molecule has 3 unspecified atom stereocenters. The van der Waals surface area contributed by atoms with Gasteiger partial charge < -0.3 is 14.7 Å². The molecule has 0 aromatic heterocycles. The third-order valence-electron chi connectivity index (χ3n) is 9.85. The summed E-state index contributed by atoms with van der Waals surface area (Å²) >= 11 is 0. The van der Waals surface area contributed by atoms with Gasteiger partial charge in [-0.05, 0) is 100.0 Å². The van der Waals surface area contributed by atoms with E-state index in [1.54, 1.807) is 0 Å². The van der Waals surface area contributed by atoms with E-state index in [0.29, 0.717) is 12.5 Å². The summed E-state index contributed by atoms with van der Waals surface area (Å²) in [5.74, 6) is 3.64. The summed E-state index contributed by atoms with van der Waals surface area (Å²) < 4.78 is 5.80. The molecule has 180 valence electrons. The van der Waals surface area contributed by atoms with Gasteiger partial charge in [0.15, 0.2) is 0 Å². The molecule has 0 heterocycles. The molecule has 7 atom stereocenters. The fourth-order valence-electron chi connectivity index (χ4n) is 7.89. The fourth-order valence-corrected chi connectivity index (χ4v) is 7.89. The van der Waals surface area contributed by atoms with Crippen LogP contribution in [0.3, 0.4) is 0 Å². The van der Waals surface area contributed by atoms with Crippen molar-refractivity contribution in [2.24, 2.45) is 40.4 Å². The number of hydrogen-bond donors (Lipinski definition) is 1. The lowest BCUT2D eigenvalue weighted by Gasteiger charge is -2.61. The number of fused-ring (bicyclic) bond motifs is 3. The highest BCUT2D eigenvalue weighted by atomic mass is 16.5. The van der Waals surface area contributed by atoms with Crippen LogP contribution in [0.4, 0.5) is 0 Å². The number of hydrogen-bond acceptors (Lipinski definition) is 4. The third kappa shape index (κ3) is 5.00. The molecule has 3 aliphatic carbocycles. The fraction of sp³-hybridized carbons (Fsp3) is 0.963. The van der Waals surface area contributed by atoms with Crippen molar-refractivity contribution in [2.75, 3.05) is 26.2 Å². The number of esters is 1. The molecule has 3 fully saturated rings. The van der Waals surface area contributed by atoms with Crippen LogP contribution in [-0.4, -0.2) is 48.3 Å². The topological polar surface area (TPSA) is 49.8 Å². The number of ether oxygens (including phenoxy) is 1. The van der Waals surface area contributed by atoms with Crippen molar-refractivity contribution < 1.29 is 14.6 Å². The maximum Gasteiger partial charge on any atom is 0.312 e. The minimum atomic E-state index is -0.607. The molecule has 0 amide bonds. The lowest BCUT2D eigenvalue weighted by molar-refractivity contribution is -0.181. The van der Waals surface area contributed by atoms with Gasteiger partial charge in [-0.25, -0.2) is 0 Å². The standard InChI is InChI=1S/C27H49NO3/c1-7-28(8-2)17-22(29)18-31-25(30)27(6)15-9-14-26(5)23-12-10-20(19(3)4)16-21(23)11-13-24(26)27/h19-24,29H,7-18H2,1-6H3/t20?,21?,22?,23-,24+,26+,27+/m0/s1. The molecule has 0 aliphatic heterocycles. The van der Waals surface area contributed by atoms with Gasteiger partial charge in [-0.3, -0.25) is 4.79 Å². The molecule has 4 heteroatoms. The number of aliphatic hydroxyl groups excluding tert-OH is 1. The number of carbonyl (C=O) groups is 1. The van der Waals surface area contributed by atoms with E-state index >= 15 is 0 Å². The van der Waals surface area contributed by atoms with Crippen molar-refractivity contribution in [3.05, 3.63) is 0 Å². The summed E-state index contributed by atoms with van der Waals surface area (Å²) in [7, 11) is 0. The van der Waals surface area contributed by atoms with Gasteiger partial charge in [0.05, 0.1) is 5.41 Å². The Morgan fingerprint density at radius 1 is 1.10 bits per heavy atom. The Balaban J connectivity index is 1.67. The highest BCUT2D eigenvalue weighted by Gasteiger charge is 2.59. The highest BCUT2D eigenvalue weighted by molar-refractivity contribution is 5.77. The van der Waals surface area contributed by atoms with Crippen LogP contribution in [0.5, 0.6) is 0 Å². The molecule has 0 aromatic carbocycles. The first kappa shape index (κ1) is 25.0. The van der Waals surface area contributed by atoms with Gasteiger partial charge in [-0.15, -0.1) is 0 Å². The van der Waals surface area contributed by atoms with Crippen LogP contribution in [0.2, 0.25) is 0 Å². The second kappa shape index (κ2) is 10.1. The second-order valence-corrected chi connectivity index (χ2v) is 11.8.